The Labute approximate surface area is 148 Å². The third-order valence-electron chi connectivity index (χ3n) is 4.78. The van der Waals surface area contributed by atoms with Crippen LogP contribution in [0.1, 0.15) is 42.4 Å². The van der Waals surface area contributed by atoms with Gasteiger partial charge in [0, 0.05) is 6.54 Å². The molecule has 1 aliphatic rings. The van der Waals surface area contributed by atoms with Gasteiger partial charge in [0.1, 0.15) is 5.60 Å². The molecule has 132 valence electrons. The number of amides is 1. The summed E-state index contributed by atoms with van der Waals surface area (Å²) in [5.74, 6) is -0.259. The summed E-state index contributed by atoms with van der Waals surface area (Å²) in [6.45, 7) is 1.46. The van der Waals surface area contributed by atoms with Crippen molar-refractivity contribution in [2.45, 2.75) is 51.0 Å². The van der Waals surface area contributed by atoms with Crippen molar-refractivity contribution in [1.82, 2.24) is 5.32 Å². The van der Waals surface area contributed by atoms with Crippen molar-refractivity contribution in [3.05, 3.63) is 71.3 Å². The number of hydrogen-bond donors (Lipinski definition) is 2. The van der Waals surface area contributed by atoms with Crippen LogP contribution in [0, 0.1) is 0 Å². The van der Waals surface area contributed by atoms with Crippen molar-refractivity contribution in [3.63, 3.8) is 0 Å². The Morgan fingerprint density at radius 2 is 1.60 bits per heavy atom. The molecule has 1 saturated carbocycles. The molecular formula is C21H25NO3. The second-order valence-corrected chi connectivity index (χ2v) is 6.67. The third kappa shape index (κ3) is 4.68. The fourth-order valence-electron chi connectivity index (χ4n) is 3.25. The average molecular weight is 339 g/mol. The first-order valence-corrected chi connectivity index (χ1v) is 8.86. The van der Waals surface area contributed by atoms with Crippen LogP contribution >= 0.6 is 0 Å². The van der Waals surface area contributed by atoms with Crippen LogP contribution in [0.5, 0.6) is 0 Å². The first-order valence-electron chi connectivity index (χ1n) is 8.86. The Morgan fingerprint density at radius 1 is 0.960 bits per heavy atom. The van der Waals surface area contributed by atoms with E-state index in [0.717, 1.165) is 29.5 Å². The van der Waals surface area contributed by atoms with E-state index in [4.69, 9.17) is 4.74 Å². The molecule has 2 aromatic carbocycles. The van der Waals surface area contributed by atoms with E-state index < -0.39 is 5.60 Å². The molecule has 0 atom stereocenters. The monoisotopic (exact) mass is 339 g/mol. The summed E-state index contributed by atoms with van der Waals surface area (Å²) in [4.78, 5) is 12.3. The lowest BCUT2D eigenvalue weighted by Gasteiger charge is -2.21. The van der Waals surface area contributed by atoms with Crippen LogP contribution in [0.2, 0.25) is 0 Å². The molecule has 1 aliphatic carbocycles. The van der Waals surface area contributed by atoms with E-state index in [1.54, 1.807) is 0 Å². The highest BCUT2D eigenvalue weighted by molar-refractivity contribution is 5.85. The molecule has 25 heavy (non-hydrogen) atoms. The molecular weight excluding hydrogens is 314 g/mol. The first kappa shape index (κ1) is 17.6. The Morgan fingerprint density at radius 3 is 2.32 bits per heavy atom. The molecule has 0 radical (unpaired) electrons. The summed E-state index contributed by atoms with van der Waals surface area (Å²) in [5.41, 5.74) is 2.03. The topological polar surface area (TPSA) is 58.6 Å². The summed E-state index contributed by atoms with van der Waals surface area (Å²) in [7, 11) is 0. The van der Waals surface area contributed by atoms with E-state index in [2.05, 4.69) is 5.32 Å². The van der Waals surface area contributed by atoms with Gasteiger partial charge in [-0.3, -0.25) is 4.79 Å². The van der Waals surface area contributed by atoms with Crippen LogP contribution in [0.15, 0.2) is 54.6 Å². The highest BCUT2D eigenvalue weighted by Gasteiger charge is 2.38. The van der Waals surface area contributed by atoms with Gasteiger partial charge in [-0.15, -0.1) is 0 Å². The SMILES string of the molecule is O=C(NCc1ccccc1COCc1ccccc1)C1(O)CCCC1. The molecule has 2 aromatic rings. The fraction of sp³-hybridized carbons (Fsp3) is 0.381. The average Bonchev–Trinajstić information content (AvgIpc) is 3.09. The number of ether oxygens (including phenoxy) is 1. The van der Waals surface area contributed by atoms with Gasteiger partial charge in [-0.25, -0.2) is 0 Å². The second-order valence-electron chi connectivity index (χ2n) is 6.67. The predicted molar refractivity (Wildman–Crippen MR) is 96.6 cm³/mol. The van der Waals surface area contributed by atoms with E-state index in [0.29, 0.717) is 32.6 Å². The van der Waals surface area contributed by atoms with Crippen LogP contribution in [0.3, 0.4) is 0 Å². The maximum Gasteiger partial charge on any atom is 0.252 e. The molecule has 0 spiro atoms. The summed E-state index contributed by atoms with van der Waals surface area (Å²) < 4.78 is 5.81. The molecule has 0 aliphatic heterocycles. The Hall–Kier alpha value is -2.17. The van der Waals surface area contributed by atoms with Gasteiger partial charge in [-0.05, 0) is 42.4 Å². The molecule has 0 aromatic heterocycles. The Bertz CT molecular complexity index is 693. The van der Waals surface area contributed by atoms with Crippen LogP contribution in [0.25, 0.3) is 0 Å². The quantitative estimate of drug-likeness (QED) is 0.813. The molecule has 0 heterocycles. The van der Waals surface area contributed by atoms with Gasteiger partial charge in [0.05, 0.1) is 13.2 Å². The molecule has 4 nitrogen and oxygen atoms in total. The second kappa shape index (κ2) is 8.28. The fourth-order valence-corrected chi connectivity index (χ4v) is 3.25. The number of carbonyl (C=O) groups excluding carboxylic acids is 1. The molecule has 1 fully saturated rings. The van der Waals surface area contributed by atoms with Crippen LogP contribution in [-0.4, -0.2) is 16.6 Å². The maximum atomic E-state index is 12.3. The molecule has 2 N–H and O–H groups in total. The van der Waals surface area contributed by atoms with E-state index in [1.165, 1.54) is 0 Å². The van der Waals surface area contributed by atoms with Crippen LogP contribution < -0.4 is 5.32 Å². The van der Waals surface area contributed by atoms with Gasteiger partial charge in [0.15, 0.2) is 0 Å². The third-order valence-corrected chi connectivity index (χ3v) is 4.78. The maximum absolute atomic E-state index is 12.3. The smallest absolute Gasteiger partial charge is 0.252 e. The summed E-state index contributed by atoms with van der Waals surface area (Å²) in [6.07, 6.45) is 2.93. The summed E-state index contributed by atoms with van der Waals surface area (Å²) in [5, 5.41) is 13.2. The van der Waals surface area contributed by atoms with E-state index in [1.807, 2.05) is 54.6 Å². The number of rotatable bonds is 7. The van der Waals surface area contributed by atoms with Gasteiger partial charge in [0.2, 0.25) is 0 Å². The van der Waals surface area contributed by atoms with Gasteiger partial charge in [-0.1, -0.05) is 54.6 Å². The summed E-state index contributed by atoms with van der Waals surface area (Å²) in [6, 6.07) is 18.0. The van der Waals surface area contributed by atoms with Crippen LogP contribution in [-0.2, 0) is 29.3 Å². The van der Waals surface area contributed by atoms with Crippen molar-refractivity contribution in [2.24, 2.45) is 0 Å². The highest BCUT2D eigenvalue weighted by Crippen LogP contribution is 2.29. The first-order chi connectivity index (χ1) is 12.2. The molecule has 0 bridgehead atoms. The number of aliphatic hydroxyl groups is 1. The minimum absolute atomic E-state index is 0.259. The van der Waals surface area contributed by atoms with Gasteiger partial charge in [-0.2, -0.15) is 0 Å². The van der Waals surface area contributed by atoms with Crippen LogP contribution in [0.4, 0.5) is 0 Å². The van der Waals surface area contributed by atoms with E-state index in [9.17, 15) is 9.90 Å². The zero-order valence-corrected chi connectivity index (χ0v) is 14.4. The van der Waals surface area contributed by atoms with Gasteiger partial charge < -0.3 is 15.2 Å². The normalized spacial score (nSPS) is 15.9. The predicted octanol–water partition coefficient (Wildman–Crippen LogP) is 3.32. The number of carbonyl (C=O) groups is 1. The van der Waals surface area contributed by atoms with Crippen molar-refractivity contribution >= 4 is 5.91 Å². The molecule has 0 saturated heterocycles. The van der Waals surface area contributed by atoms with E-state index >= 15 is 0 Å². The minimum atomic E-state index is -1.18. The zero-order valence-electron chi connectivity index (χ0n) is 14.4. The lowest BCUT2D eigenvalue weighted by molar-refractivity contribution is -0.139. The number of benzene rings is 2. The molecule has 3 rings (SSSR count). The van der Waals surface area contributed by atoms with Crippen molar-refractivity contribution in [1.29, 1.82) is 0 Å². The highest BCUT2D eigenvalue weighted by atomic mass is 16.5. The van der Waals surface area contributed by atoms with Crippen molar-refractivity contribution in [3.8, 4) is 0 Å². The molecule has 1 amide bonds. The lowest BCUT2D eigenvalue weighted by Crippen LogP contribution is -2.44. The van der Waals surface area contributed by atoms with E-state index in [-0.39, 0.29) is 5.91 Å². The van der Waals surface area contributed by atoms with Crippen molar-refractivity contribution < 1.29 is 14.6 Å². The Balaban J connectivity index is 1.54. The van der Waals surface area contributed by atoms with Gasteiger partial charge >= 0.3 is 0 Å². The van der Waals surface area contributed by atoms with Gasteiger partial charge in [0.25, 0.3) is 5.91 Å². The molecule has 4 heteroatoms. The number of nitrogens with one attached hydrogen (secondary N) is 1. The largest absolute Gasteiger partial charge is 0.380 e. The minimum Gasteiger partial charge on any atom is -0.380 e. The summed E-state index contributed by atoms with van der Waals surface area (Å²) >= 11 is 0. The number of hydrogen-bond acceptors (Lipinski definition) is 3. The standard InChI is InChI=1S/C21H25NO3/c23-20(21(24)12-6-7-13-21)22-14-18-10-4-5-11-19(18)16-25-15-17-8-2-1-3-9-17/h1-5,8-11,24H,6-7,12-16H2,(H,22,23). The van der Waals surface area contributed by atoms with Crippen molar-refractivity contribution in [2.75, 3.05) is 0 Å². The zero-order chi connectivity index (χ0) is 17.5. The Kier molecular flexibility index (Phi) is 5.84. The lowest BCUT2D eigenvalue weighted by atomic mass is 10.0. The molecule has 0 unspecified atom stereocenters.